The maximum atomic E-state index is 11.9. The summed E-state index contributed by atoms with van der Waals surface area (Å²) in [6, 6.07) is 12.8. The van der Waals surface area contributed by atoms with E-state index in [1.165, 1.54) is 0 Å². The molecule has 0 fully saturated rings. The van der Waals surface area contributed by atoms with E-state index in [2.05, 4.69) is 4.74 Å². The van der Waals surface area contributed by atoms with E-state index >= 15 is 0 Å². The average molecular weight is 315 g/mol. The van der Waals surface area contributed by atoms with E-state index in [9.17, 15) is 9.59 Å². The lowest BCUT2D eigenvalue weighted by Crippen LogP contribution is -2.37. The van der Waals surface area contributed by atoms with Crippen molar-refractivity contribution in [1.29, 1.82) is 0 Å². The fourth-order valence-electron chi connectivity index (χ4n) is 2.13. The zero-order valence-electron chi connectivity index (χ0n) is 13.5. The maximum absolute atomic E-state index is 11.9. The Morgan fingerprint density at radius 1 is 1.09 bits per heavy atom. The zero-order valence-corrected chi connectivity index (χ0v) is 13.5. The van der Waals surface area contributed by atoms with Crippen LogP contribution in [-0.2, 0) is 20.7 Å². The molecule has 0 heterocycles. The largest absolute Gasteiger partial charge is 0.516 e. The SMILES string of the molecule is CC(C)(C)OC(=O)OC(=O)[C@@H](N)Cc1ccc2ccccc2c1. The van der Waals surface area contributed by atoms with E-state index in [1.54, 1.807) is 20.8 Å². The molecule has 0 aliphatic heterocycles. The van der Waals surface area contributed by atoms with Gasteiger partial charge in [0.1, 0.15) is 11.6 Å². The normalized spacial score (nSPS) is 12.7. The van der Waals surface area contributed by atoms with Gasteiger partial charge in [0.2, 0.25) is 0 Å². The van der Waals surface area contributed by atoms with Crippen molar-refractivity contribution in [3.05, 3.63) is 48.0 Å². The highest BCUT2D eigenvalue weighted by Crippen LogP contribution is 2.17. The predicted molar refractivity (Wildman–Crippen MR) is 88.0 cm³/mol. The molecule has 0 bridgehead atoms. The van der Waals surface area contributed by atoms with Crippen molar-refractivity contribution in [1.82, 2.24) is 0 Å². The van der Waals surface area contributed by atoms with Crippen LogP contribution in [0.1, 0.15) is 26.3 Å². The molecule has 0 amide bonds. The van der Waals surface area contributed by atoms with Crippen molar-refractivity contribution in [2.45, 2.75) is 38.8 Å². The van der Waals surface area contributed by atoms with E-state index in [-0.39, 0.29) is 6.42 Å². The molecular formula is C18H21NO4. The first kappa shape index (κ1) is 17.0. The van der Waals surface area contributed by atoms with Gasteiger partial charge in [0.05, 0.1) is 0 Å². The molecule has 122 valence electrons. The summed E-state index contributed by atoms with van der Waals surface area (Å²) in [4.78, 5) is 23.3. The van der Waals surface area contributed by atoms with E-state index in [0.29, 0.717) is 0 Å². The summed E-state index contributed by atoms with van der Waals surface area (Å²) in [6.45, 7) is 5.06. The van der Waals surface area contributed by atoms with Gasteiger partial charge >= 0.3 is 12.1 Å². The first-order valence-corrected chi connectivity index (χ1v) is 7.42. The predicted octanol–water partition coefficient (Wildman–Crippen LogP) is 3.19. The molecule has 2 aromatic carbocycles. The molecule has 23 heavy (non-hydrogen) atoms. The van der Waals surface area contributed by atoms with E-state index in [0.717, 1.165) is 16.3 Å². The van der Waals surface area contributed by atoms with Gasteiger partial charge in [-0.2, -0.15) is 0 Å². The van der Waals surface area contributed by atoms with Gasteiger partial charge in [0.15, 0.2) is 0 Å². The van der Waals surface area contributed by atoms with Gasteiger partial charge in [-0.15, -0.1) is 0 Å². The van der Waals surface area contributed by atoms with Crippen LogP contribution in [-0.4, -0.2) is 23.8 Å². The van der Waals surface area contributed by atoms with Gasteiger partial charge in [-0.3, -0.25) is 0 Å². The van der Waals surface area contributed by atoms with E-state index in [1.807, 2.05) is 42.5 Å². The molecule has 2 rings (SSSR count). The summed E-state index contributed by atoms with van der Waals surface area (Å²) >= 11 is 0. The van der Waals surface area contributed by atoms with Crippen LogP contribution < -0.4 is 5.73 Å². The third kappa shape index (κ3) is 5.07. The third-order valence-corrected chi connectivity index (χ3v) is 3.15. The molecular weight excluding hydrogens is 294 g/mol. The van der Waals surface area contributed by atoms with Crippen LogP contribution in [0.25, 0.3) is 10.8 Å². The second-order valence-corrected chi connectivity index (χ2v) is 6.38. The number of hydrogen-bond donors (Lipinski definition) is 1. The van der Waals surface area contributed by atoms with Crippen molar-refractivity contribution in [3.63, 3.8) is 0 Å². The molecule has 0 spiro atoms. The number of hydrogen-bond acceptors (Lipinski definition) is 5. The second kappa shape index (κ2) is 6.79. The van der Waals surface area contributed by atoms with Crippen molar-refractivity contribution in [3.8, 4) is 0 Å². The minimum absolute atomic E-state index is 0.284. The van der Waals surface area contributed by atoms with E-state index < -0.39 is 23.8 Å². The lowest BCUT2D eigenvalue weighted by Gasteiger charge is -2.19. The number of benzene rings is 2. The molecule has 0 aliphatic carbocycles. The summed E-state index contributed by atoms with van der Waals surface area (Å²) in [5.41, 5.74) is 6.00. The first-order valence-electron chi connectivity index (χ1n) is 7.42. The number of carbonyl (C=O) groups is 2. The van der Waals surface area contributed by atoms with Crippen LogP contribution in [0.4, 0.5) is 4.79 Å². The molecule has 2 N–H and O–H groups in total. The highest BCUT2D eigenvalue weighted by molar-refractivity contribution is 5.86. The highest BCUT2D eigenvalue weighted by atomic mass is 16.7. The third-order valence-electron chi connectivity index (χ3n) is 3.15. The lowest BCUT2D eigenvalue weighted by molar-refractivity contribution is -0.142. The Morgan fingerprint density at radius 3 is 2.39 bits per heavy atom. The number of ether oxygens (including phenoxy) is 2. The average Bonchev–Trinajstić information content (AvgIpc) is 2.45. The molecule has 1 atom stereocenters. The lowest BCUT2D eigenvalue weighted by atomic mass is 10.0. The fourth-order valence-corrected chi connectivity index (χ4v) is 2.13. The minimum Gasteiger partial charge on any atom is -0.428 e. The van der Waals surface area contributed by atoms with Crippen LogP contribution in [0, 0.1) is 0 Å². The molecule has 0 aromatic heterocycles. The van der Waals surface area contributed by atoms with Gasteiger partial charge < -0.3 is 15.2 Å². The highest BCUT2D eigenvalue weighted by Gasteiger charge is 2.24. The molecule has 0 saturated heterocycles. The summed E-state index contributed by atoms with van der Waals surface area (Å²) in [7, 11) is 0. The Hall–Kier alpha value is -2.40. The number of rotatable bonds is 3. The number of carbonyl (C=O) groups excluding carboxylic acids is 2. The van der Waals surface area contributed by atoms with Crippen molar-refractivity contribution in [2.75, 3.05) is 0 Å². The molecule has 2 aromatic rings. The van der Waals surface area contributed by atoms with Gasteiger partial charge in [-0.05, 0) is 43.5 Å². The molecule has 0 saturated carbocycles. The maximum Gasteiger partial charge on any atom is 0.516 e. The summed E-state index contributed by atoms with van der Waals surface area (Å²) in [5, 5.41) is 2.18. The van der Waals surface area contributed by atoms with Crippen molar-refractivity contribution >= 4 is 22.9 Å². The minimum atomic E-state index is -1.03. The van der Waals surface area contributed by atoms with E-state index in [4.69, 9.17) is 10.5 Å². The summed E-state index contributed by atoms with van der Waals surface area (Å²) in [5.74, 6) is -0.799. The smallest absolute Gasteiger partial charge is 0.428 e. The summed E-state index contributed by atoms with van der Waals surface area (Å²) < 4.78 is 9.55. The molecule has 5 heteroatoms. The standard InChI is InChI=1S/C18H21NO4/c1-18(2,3)23-17(21)22-16(20)15(19)11-12-8-9-13-6-4-5-7-14(13)10-12/h4-10,15H,11,19H2,1-3H3/t15-/m0/s1. The Bertz CT molecular complexity index is 718. The van der Waals surface area contributed by atoms with Crippen LogP contribution in [0.3, 0.4) is 0 Å². The van der Waals surface area contributed by atoms with Gasteiger partial charge in [-0.25, -0.2) is 9.59 Å². The molecule has 0 radical (unpaired) electrons. The van der Waals surface area contributed by atoms with Crippen LogP contribution in [0.2, 0.25) is 0 Å². The summed E-state index contributed by atoms with van der Waals surface area (Å²) in [6.07, 6.45) is -0.747. The Morgan fingerprint density at radius 2 is 1.74 bits per heavy atom. The van der Waals surface area contributed by atoms with Gasteiger partial charge in [0, 0.05) is 0 Å². The number of nitrogens with two attached hydrogens (primary N) is 1. The van der Waals surface area contributed by atoms with Gasteiger partial charge in [0.25, 0.3) is 0 Å². The first-order chi connectivity index (χ1) is 10.7. The van der Waals surface area contributed by atoms with Crippen molar-refractivity contribution < 1.29 is 19.1 Å². The molecule has 5 nitrogen and oxygen atoms in total. The number of fused-ring (bicyclic) bond motifs is 1. The fraction of sp³-hybridized carbons (Fsp3) is 0.333. The molecule has 0 aliphatic rings. The second-order valence-electron chi connectivity index (χ2n) is 6.38. The monoisotopic (exact) mass is 315 g/mol. The Labute approximate surface area is 135 Å². The Balaban J connectivity index is 1.98. The molecule has 0 unspecified atom stereocenters. The van der Waals surface area contributed by atoms with Gasteiger partial charge in [-0.1, -0.05) is 42.5 Å². The van der Waals surface area contributed by atoms with Crippen LogP contribution in [0.15, 0.2) is 42.5 Å². The van der Waals surface area contributed by atoms with Crippen molar-refractivity contribution in [2.24, 2.45) is 5.73 Å². The van der Waals surface area contributed by atoms with Crippen LogP contribution >= 0.6 is 0 Å². The quantitative estimate of drug-likeness (QED) is 0.695. The Kier molecular flexibility index (Phi) is 5.01. The number of esters is 1. The topological polar surface area (TPSA) is 78.6 Å². The zero-order chi connectivity index (χ0) is 17.0. The van der Waals surface area contributed by atoms with Crippen LogP contribution in [0.5, 0.6) is 0 Å².